The van der Waals surface area contributed by atoms with Crippen molar-refractivity contribution in [3.63, 3.8) is 0 Å². The molecule has 0 amide bonds. The van der Waals surface area contributed by atoms with E-state index >= 15 is 0 Å². The first-order valence-electron chi connectivity index (χ1n) is 11.9. The average molecular weight is 469 g/mol. The summed E-state index contributed by atoms with van der Waals surface area (Å²) in [7, 11) is 0. The Morgan fingerprint density at radius 1 is 1.21 bits per heavy atom. The van der Waals surface area contributed by atoms with E-state index in [0.717, 1.165) is 24.0 Å². The van der Waals surface area contributed by atoms with Crippen LogP contribution in [0.15, 0.2) is 47.3 Å². The zero-order chi connectivity index (χ0) is 24.7. The molecule has 0 aromatic carbocycles. The Bertz CT molecular complexity index is 1100. The third-order valence-electron chi connectivity index (χ3n) is 9.24. The van der Waals surface area contributed by atoms with Crippen molar-refractivity contribution in [3.05, 3.63) is 48.5 Å². The van der Waals surface area contributed by atoms with E-state index in [9.17, 15) is 14.4 Å². The second kappa shape index (κ2) is 7.17. The van der Waals surface area contributed by atoms with Gasteiger partial charge in [-0.25, -0.2) is 4.79 Å². The lowest BCUT2D eigenvalue weighted by Gasteiger charge is -2.56. The van der Waals surface area contributed by atoms with Crippen molar-refractivity contribution in [2.24, 2.45) is 28.1 Å². The molecule has 0 bridgehead atoms. The van der Waals surface area contributed by atoms with Gasteiger partial charge < -0.3 is 18.6 Å². The molecule has 7 atom stereocenters. The van der Waals surface area contributed by atoms with E-state index in [1.165, 1.54) is 6.92 Å². The fourth-order valence-corrected chi connectivity index (χ4v) is 7.14. The van der Waals surface area contributed by atoms with Crippen molar-refractivity contribution in [1.82, 2.24) is 0 Å². The van der Waals surface area contributed by atoms with E-state index in [4.69, 9.17) is 18.6 Å². The number of cyclic esters (lactones) is 1. The topological polar surface area (TPSA) is 95.3 Å². The summed E-state index contributed by atoms with van der Waals surface area (Å²) in [4.78, 5) is 37.4. The first-order chi connectivity index (χ1) is 15.9. The molecule has 2 unspecified atom stereocenters. The number of esters is 2. The number of carbonyl (C=O) groups excluding carboxylic acids is 3. The van der Waals surface area contributed by atoms with Gasteiger partial charge in [-0.05, 0) is 41.9 Å². The maximum absolute atomic E-state index is 12.9. The molecule has 1 aromatic heterocycles. The van der Waals surface area contributed by atoms with Gasteiger partial charge in [0, 0.05) is 29.2 Å². The summed E-state index contributed by atoms with van der Waals surface area (Å²) in [6, 6.07) is 1.82. The van der Waals surface area contributed by atoms with Crippen molar-refractivity contribution in [1.29, 1.82) is 0 Å². The molecule has 5 rings (SSSR count). The van der Waals surface area contributed by atoms with E-state index in [1.54, 1.807) is 18.6 Å². The van der Waals surface area contributed by atoms with Gasteiger partial charge in [0.2, 0.25) is 0 Å². The zero-order valence-electron chi connectivity index (χ0n) is 20.4. The summed E-state index contributed by atoms with van der Waals surface area (Å²) < 4.78 is 22.8. The van der Waals surface area contributed by atoms with Crippen molar-refractivity contribution >= 4 is 17.7 Å². The fourth-order valence-electron chi connectivity index (χ4n) is 7.14. The number of allylic oxidation sites excluding steroid dienone is 2. The highest BCUT2D eigenvalue weighted by Gasteiger charge is 2.80. The molecule has 3 fully saturated rings. The molecule has 2 aliphatic carbocycles. The highest BCUT2D eigenvalue weighted by molar-refractivity contribution is 5.96. The predicted octanol–water partition coefficient (Wildman–Crippen LogP) is 4.34. The minimum atomic E-state index is -0.846. The van der Waals surface area contributed by atoms with Gasteiger partial charge in [-0.15, -0.1) is 0 Å². The van der Waals surface area contributed by atoms with Crippen LogP contribution < -0.4 is 0 Å². The molecule has 1 saturated carbocycles. The van der Waals surface area contributed by atoms with Gasteiger partial charge in [-0.2, -0.15) is 0 Å². The first kappa shape index (κ1) is 23.1. The summed E-state index contributed by atoms with van der Waals surface area (Å²) in [5, 5.41) is 0. The van der Waals surface area contributed by atoms with Crippen LogP contribution in [0.2, 0.25) is 0 Å². The van der Waals surface area contributed by atoms with Crippen molar-refractivity contribution in [3.8, 4) is 0 Å². The Balaban J connectivity index is 1.55. The molecule has 7 heteroatoms. The van der Waals surface area contributed by atoms with Crippen LogP contribution in [0.1, 0.15) is 59.1 Å². The molecule has 1 aromatic rings. The molecule has 2 saturated heterocycles. The minimum absolute atomic E-state index is 0.00775. The molecule has 0 N–H and O–H groups in total. The van der Waals surface area contributed by atoms with Gasteiger partial charge >= 0.3 is 11.9 Å². The monoisotopic (exact) mass is 468 g/mol. The second-order valence-electron chi connectivity index (χ2n) is 11.3. The number of hydrogen-bond donors (Lipinski definition) is 0. The molecule has 1 spiro atoms. The molecule has 0 radical (unpaired) electrons. The van der Waals surface area contributed by atoms with E-state index < -0.39 is 34.1 Å². The maximum atomic E-state index is 12.9. The van der Waals surface area contributed by atoms with Gasteiger partial charge in [0.25, 0.3) is 0 Å². The highest BCUT2D eigenvalue weighted by Crippen LogP contribution is 2.72. The van der Waals surface area contributed by atoms with Crippen molar-refractivity contribution < 1.29 is 33.0 Å². The summed E-state index contributed by atoms with van der Waals surface area (Å²) in [5.74, 6) is -1.10. The van der Waals surface area contributed by atoms with Gasteiger partial charge in [0.05, 0.1) is 19.1 Å². The summed E-state index contributed by atoms with van der Waals surface area (Å²) in [6.07, 6.45) is 7.10. The first-order valence-corrected chi connectivity index (χ1v) is 11.9. The minimum Gasteiger partial charge on any atom is -0.472 e. The van der Waals surface area contributed by atoms with Gasteiger partial charge in [-0.3, -0.25) is 9.59 Å². The van der Waals surface area contributed by atoms with Crippen LogP contribution >= 0.6 is 0 Å². The molecule has 2 aliphatic heterocycles. The molecule has 34 heavy (non-hydrogen) atoms. The largest absolute Gasteiger partial charge is 0.472 e. The lowest BCUT2D eigenvalue weighted by atomic mass is 9.47. The third kappa shape index (κ3) is 2.82. The standard InChI is InChI=1S/C27H32O7/c1-15-18(25(5)10-8-20(29)24(3,4)19(25)14-32-16(2)28)7-11-26(6)21(17-9-12-31-13-17)33-23(30)22-27(15,26)34-22/h8-10,12-13,18-19,21-22H,1,7,11,14H2,2-6H3/t18?,19?,21-,22+,25+,26-,27+/m0/s1. The average Bonchev–Trinajstić information content (AvgIpc) is 3.32. The molecule has 4 aliphatic rings. The normalized spacial score (nSPS) is 42.4. The zero-order valence-corrected chi connectivity index (χ0v) is 20.4. The molecule has 182 valence electrons. The van der Waals surface area contributed by atoms with Crippen LogP contribution in [-0.2, 0) is 28.6 Å². The Labute approximate surface area is 199 Å². The predicted molar refractivity (Wildman–Crippen MR) is 121 cm³/mol. The number of ketones is 1. The van der Waals surface area contributed by atoms with Crippen LogP contribution in [0.25, 0.3) is 0 Å². The molecular formula is C27H32O7. The van der Waals surface area contributed by atoms with Crippen LogP contribution in [0, 0.1) is 28.1 Å². The number of rotatable bonds is 4. The lowest BCUT2D eigenvalue weighted by Crippen LogP contribution is -2.58. The van der Waals surface area contributed by atoms with Gasteiger partial charge in [0.1, 0.15) is 11.7 Å². The highest BCUT2D eigenvalue weighted by atomic mass is 16.7. The van der Waals surface area contributed by atoms with E-state index in [-0.39, 0.29) is 36.2 Å². The van der Waals surface area contributed by atoms with Gasteiger partial charge in [0.15, 0.2) is 11.9 Å². The number of furan rings is 1. The smallest absolute Gasteiger partial charge is 0.339 e. The lowest BCUT2D eigenvalue weighted by molar-refractivity contribution is -0.169. The summed E-state index contributed by atoms with van der Waals surface area (Å²) in [5.41, 5.74) is -0.953. The van der Waals surface area contributed by atoms with Crippen molar-refractivity contribution in [2.75, 3.05) is 6.61 Å². The fraction of sp³-hybridized carbons (Fsp3) is 0.593. The number of ether oxygens (including phenoxy) is 3. The quantitative estimate of drug-likeness (QED) is 0.368. The van der Waals surface area contributed by atoms with E-state index in [2.05, 4.69) is 20.4 Å². The SMILES string of the molecule is C=C1C([C@@]2(C)C=CC(=O)C(C)(C)C2COC(C)=O)CC[C@@]2(C)[C@H](c3ccoc3)OC(=O)[C@H]3O[C@]132. The van der Waals surface area contributed by atoms with Crippen LogP contribution in [0.4, 0.5) is 0 Å². The molecule has 3 heterocycles. The number of carbonyl (C=O) groups is 3. The molecular weight excluding hydrogens is 436 g/mol. The Morgan fingerprint density at radius 3 is 2.59 bits per heavy atom. The Morgan fingerprint density at radius 2 is 1.94 bits per heavy atom. The summed E-state index contributed by atoms with van der Waals surface area (Å²) >= 11 is 0. The molecule has 7 nitrogen and oxygen atoms in total. The maximum Gasteiger partial charge on any atom is 0.339 e. The van der Waals surface area contributed by atoms with E-state index in [0.29, 0.717) is 0 Å². The second-order valence-corrected chi connectivity index (χ2v) is 11.3. The summed E-state index contributed by atoms with van der Waals surface area (Å²) in [6.45, 7) is 14.0. The van der Waals surface area contributed by atoms with Crippen LogP contribution in [0.5, 0.6) is 0 Å². The Kier molecular flexibility index (Phi) is 4.87. The van der Waals surface area contributed by atoms with Gasteiger partial charge in [-0.1, -0.05) is 40.3 Å². The number of epoxide rings is 1. The van der Waals surface area contributed by atoms with E-state index in [1.807, 2.05) is 26.0 Å². The van der Waals surface area contributed by atoms with Crippen molar-refractivity contribution in [2.45, 2.75) is 65.3 Å². The number of hydrogen-bond acceptors (Lipinski definition) is 7. The van der Waals surface area contributed by atoms with Crippen LogP contribution in [0.3, 0.4) is 0 Å². The Hall–Kier alpha value is -2.67. The third-order valence-corrected chi connectivity index (χ3v) is 9.24. The van der Waals surface area contributed by atoms with Crippen LogP contribution in [-0.4, -0.2) is 36.0 Å².